The zero-order valence-electron chi connectivity index (χ0n) is 16.7. The van der Waals surface area contributed by atoms with Crippen molar-refractivity contribution in [1.29, 1.82) is 0 Å². The van der Waals surface area contributed by atoms with Crippen molar-refractivity contribution in [1.82, 2.24) is 19.6 Å². The van der Waals surface area contributed by atoms with E-state index >= 15 is 0 Å². The quantitative estimate of drug-likeness (QED) is 0.808. The molecule has 0 bridgehead atoms. The zero-order chi connectivity index (χ0) is 20.3. The fourth-order valence-corrected chi connectivity index (χ4v) is 4.54. The second-order valence-corrected chi connectivity index (χ2v) is 8.44. The monoisotopic (exact) mass is 400 g/mol. The zero-order valence-corrected chi connectivity index (χ0v) is 16.7. The van der Waals surface area contributed by atoms with E-state index in [0.717, 1.165) is 44.5 Å². The number of likely N-dealkylation sites (tertiary alicyclic amines) is 2. The lowest BCUT2D eigenvalue weighted by Gasteiger charge is -2.42. The Balaban J connectivity index is 1.31. The molecule has 1 N–H and O–H groups in total. The van der Waals surface area contributed by atoms with Gasteiger partial charge in [-0.15, -0.1) is 0 Å². The van der Waals surface area contributed by atoms with Crippen LogP contribution in [0.2, 0.25) is 0 Å². The summed E-state index contributed by atoms with van der Waals surface area (Å²) in [7, 11) is 0. The second-order valence-electron chi connectivity index (χ2n) is 8.44. The molecule has 2 aliphatic heterocycles. The normalized spacial score (nSPS) is 24.2. The van der Waals surface area contributed by atoms with Gasteiger partial charge in [-0.3, -0.25) is 14.4 Å². The molecule has 29 heavy (non-hydrogen) atoms. The first-order valence-electron chi connectivity index (χ1n) is 10.5. The van der Waals surface area contributed by atoms with Gasteiger partial charge in [0.05, 0.1) is 0 Å². The number of β-amino-alcohol motifs (C(OH)–C–C–N with tert-alkyl or cyclic N) is 1. The van der Waals surface area contributed by atoms with E-state index in [1.165, 1.54) is 12.1 Å². The average molecular weight is 400 g/mol. The third-order valence-corrected chi connectivity index (χ3v) is 6.19. The molecule has 1 atom stereocenters. The van der Waals surface area contributed by atoms with E-state index in [-0.39, 0.29) is 11.7 Å². The summed E-state index contributed by atoms with van der Waals surface area (Å²) >= 11 is 0. The number of hydrogen-bond donors (Lipinski definition) is 1. The highest BCUT2D eigenvalue weighted by molar-refractivity contribution is 5.86. The molecule has 0 saturated carbocycles. The van der Waals surface area contributed by atoms with E-state index < -0.39 is 5.60 Å². The average Bonchev–Trinajstić information content (AvgIpc) is 3.22. The number of amides is 1. The number of carbonyl (C=O) groups is 1. The number of aromatic nitrogens is 2. The van der Waals surface area contributed by atoms with E-state index in [1.807, 2.05) is 16.9 Å². The summed E-state index contributed by atoms with van der Waals surface area (Å²) in [5.74, 6) is 0.0933. The number of nitrogens with zero attached hydrogens (tertiary/aromatic N) is 4. The van der Waals surface area contributed by atoms with Gasteiger partial charge in [0.2, 0.25) is 0 Å². The van der Waals surface area contributed by atoms with Crippen LogP contribution in [0.4, 0.5) is 4.39 Å². The molecule has 1 aromatic heterocycles. The summed E-state index contributed by atoms with van der Waals surface area (Å²) in [6, 6.07) is 8.14. The minimum absolute atomic E-state index is 0.202. The first-order valence-corrected chi connectivity index (χ1v) is 10.5. The molecule has 2 aliphatic rings. The molecule has 0 aliphatic carbocycles. The van der Waals surface area contributed by atoms with Crippen LogP contribution in [-0.2, 0) is 17.9 Å². The van der Waals surface area contributed by atoms with Crippen molar-refractivity contribution in [3.8, 4) is 0 Å². The lowest BCUT2D eigenvalue weighted by Crippen LogP contribution is -2.59. The lowest BCUT2D eigenvalue weighted by molar-refractivity contribution is -0.160. The number of rotatable bonds is 6. The maximum absolute atomic E-state index is 13.1. The van der Waals surface area contributed by atoms with Crippen LogP contribution >= 0.6 is 0 Å². The SMILES string of the molecule is O=C1N(Cc2ccc(F)cc2)CCC[C@@]1(O)CN1CCC(Cn2cccn2)CC1. The Morgan fingerprint density at radius 3 is 2.62 bits per heavy atom. The minimum Gasteiger partial charge on any atom is -0.379 e. The number of piperidine rings is 2. The predicted octanol–water partition coefficient (Wildman–Crippen LogP) is 2.29. The second kappa shape index (κ2) is 8.63. The molecule has 1 amide bonds. The van der Waals surface area contributed by atoms with Crippen LogP contribution in [0.5, 0.6) is 0 Å². The van der Waals surface area contributed by atoms with Crippen molar-refractivity contribution < 1.29 is 14.3 Å². The molecule has 6 nitrogen and oxygen atoms in total. The maximum Gasteiger partial charge on any atom is 0.256 e. The summed E-state index contributed by atoms with van der Waals surface area (Å²) in [5.41, 5.74) is -0.448. The molecule has 0 radical (unpaired) electrons. The van der Waals surface area contributed by atoms with Crippen molar-refractivity contribution in [2.75, 3.05) is 26.2 Å². The highest BCUT2D eigenvalue weighted by Crippen LogP contribution is 2.28. The van der Waals surface area contributed by atoms with Gasteiger partial charge in [-0.2, -0.15) is 5.10 Å². The van der Waals surface area contributed by atoms with E-state index in [9.17, 15) is 14.3 Å². The highest BCUT2D eigenvalue weighted by atomic mass is 19.1. The van der Waals surface area contributed by atoms with Gasteiger partial charge >= 0.3 is 0 Å². The van der Waals surface area contributed by atoms with E-state index in [2.05, 4.69) is 10.00 Å². The highest BCUT2D eigenvalue weighted by Gasteiger charge is 2.43. The van der Waals surface area contributed by atoms with Crippen LogP contribution < -0.4 is 0 Å². The van der Waals surface area contributed by atoms with Gasteiger partial charge < -0.3 is 10.0 Å². The summed E-state index contributed by atoms with van der Waals surface area (Å²) < 4.78 is 15.1. The fourth-order valence-electron chi connectivity index (χ4n) is 4.54. The van der Waals surface area contributed by atoms with Crippen molar-refractivity contribution >= 4 is 5.91 Å². The molecule has 2 aromatic rings. The largest absolute Gasteiger partial charge is 0.379 e. The Morgan fingerprint density at radius 1 is 1.17 bits per heavy atom. The number of hydrogen-bond acceptors (Lipinski definition) is 4. The van der Waals surface area contributed by atoms with Gasteiger partial charge in [-0.25, -0.2) is 4.39 Å². The molecule has 3 heterocycles. The molecule has 2 saturated heterocycles. The van der Waals surface area contributed by atoms with Gasteiger partial charge in [0, 0.05) is 38.6 Å². The Hall–Kier alpha value is -2.25. The molecule has 1 aromatic carbocycles. The van der Waals surface area contributed by atoms with Gasteiger partial charge in [0.1, 0.15) is 5.82 Å². The number of benzene rings is 1. The van der Waals surface area contributed by atoms with Crippen LogP contribution in [-0.4, -0.2) is 62.4 Å². The van der Waals surface area contributed by atoms with Crippen molar-refractivity contribution in [2.45, 2.75) is 44.4 Å². The third kappa shape index (κ3) is 4.85. The van der Waals surface area contributed by atoms with Crippen LogP contribution in [0.3, 0.4) is 0 Å². The predicted molar refractivity (Wildman–Crippen MR) is 107 cm³/mol. The fraction of sp³-hybridized carbons (Fsp3) is 0.545. The molecule has 0 unspecified atom stereocenters. The van der Waals surface area contributed by atoms with Crippen molar-refractivity contribution in [3.63, 3.8) is 0 Å². The van der Waals surface area contributed by atoms with Crippen LogP contribution in [0.25, 0.3) is 0 Å². The van der Waals surface area contributed by atoms with E-state index in [1.54, 1.807) is 23.2 Å². The van der Waals surface area contributed by atoms with Crippen LogP contribution in [0.15, 0.2) is 42.7 Å². The summed E-state index contributed by atoms with van der Waals surface area (Å²) in [4.78, 5) is 17.0. The smallest absolute Gasteiger partial charge is 0.256 e. The van der Waals surface area contributed by atoms with Crippen LogP contribution in [0, 0.1) is 11.7 Å². The number of halogens is 1. The summed E-state index contributed by atoms with van der Waals surface area (Å²) in [6.07, 6.45) is 7.16. The molecule has 156 valence electrons. The number of carbonyl (C=O) groups excluding carboxylic acids is 1. The van der Waals surface area contributed by atoms with Gasteiger partial charge in [-0.05, 0) is 68.5 Å². The first kappa shape index (κ1) is 20.0. The van der Waals surface area contributed by atoms with E-state index in [4.69, 9.17) is 0 Å². The number of aliphatic hydroxyl groups is 1. The standard InChI is InChI=1S/C22H29FN4O2/c23-20-5-3-18(4-6-20)15-26-11-1-9-22(29,21(26)28)17-25-13-7-19(8-14-25)16-27-12-2-10-24-27/h2-6,10,12,19,29H,1,7-9,11,13-17H2/t22-/m1/s1. The van der Waals surface area contributed by atoms with Gasteiger partial charge in [0.15, 0.2) is 5.60 Å². The van der Waals surface area contributed by atoms with E-state index in [0.29, 0.717) is 32.0 Å². The molecule has 4 rings (SSSR count). The van der Waals surface area contributed by atoms with Gasteiger partial charge in [-0.1, -0.05) is 12.1 Å². The molecular formula is C22H29FN4O2. The first-order chi connectivity index (χ1) is 14.0. The maximum atomic E-state index is 13.1. The molecule has 2 fully saturated rings. The van der Waals surface area contributed by atoms with Crippen molar-refractivity contribution in [3.05, 3.63) is 54.1 Å². The summed E-state index contributed by atoms with van der Waals surface area (Å²) in [6.45, 7) is 4.13. The third-order valence-electron chi connectivity index (χ3n) is 6.19. The summed E-state index contributed by atoms with van der Waals surface area (Å²) in [5, 5.41) is 15.4. The molecular weight excluding hydrogens is 371 g/mol. The Morgan fingerprint density at radius 2 is 1.93 bits per heavy atom. The van der Waals surface area contributed by atoms with Gasteiger partial charge in [0.25, 0.3) is 5.91 Å². The van der Waals surface area contributed by atoms with Crippen LogP contribution in [0.1, 0.15) is 31.2 Å². The molecule has 0 spiro atoms. The Kier molecular flexibility index (Phi) is 5.96. The lowest BCUT2D eigenvalue weighted by atomic mass is 9.89. The van der Waals surface area contributed by atoms with Crippen molar-refractivity contribution in [2.24, 2.45) is 5.92 Å². The topological polar surface area (TPSA) is 61.6 Å². The minimum atomic E-state index is -1.33. The molecule has 7 heteroatoms. The Labute approximate surface area is 170 Å². The Bertz CT molecular complexity index is 803.